The molecule has 1 N–H and O–H groups in total. The molecule has 8 nitrogen and oxygen atoms in total. The highest BCUT2D eigenvalue weighted by Crippen LogP contribution is 2.13. The molecule has 0 amide bonds. The molecule has 0 aliphatic rings. The minimum absolute atomic E-state index is 0.0389. The van der Waals surface area contributed by atoms with Gasteiger partial charge in [-0.15, -0.1) is 0 Å². The van der Waals surface area contributed by atoms with Crippen molar-refractivity contribution in [3.8, 4) is 0 Å². The Kier molecular flexibility index (Phi) is 34.0. The average Bonchev–Trinajstić information content (AvgIpc) is 3.11. The lowest BCUT2D eigenvalue weighted by molar-refractivity contribution is -0.887. The van der Waals surface area contributed by atoms with Gasteiger partial charge in [-0.25, -0.2) is 4.79 Å². The Morgan fingerprint density at radius 1 is 0.585 bits per heavy atom. The zero-order chi connectivity index (χ0) is 39.3. The van der Waals surface area contributed by atoms with E-state index in [2.05, 4.69) is 62.5 Å². The SMILES string of the molecule is CC/C=C/C/C=C/CCC(=O)OCC(COCCC(C(=O)O)[N+](C)(C)C)OC(=O)CCCCCCCCCCC/C=C/C/C=C/C/C=C/CCCCC. The van der Waals surface area contributed by atoms with E-state index in [9.17, 15) is 19.5 Å². The second kappa shape index (κ2) is 36.0. The summed E-state index contributed by atoms with van der Waals surface area (Å²) < 4.78 is 17.1. The molecule has 0 saturated heterocycles. The molecule has 0 heterocycles. The lowest BCUT2D eigenvalue weighted by Gasteiger charge is -2.31. The van der Waals surface area contributed by atoms with Gasteiger partial charge in [0.25, 0.3) is 0 Å². The van der Waals surface area contributed by atoms with E-state index in [1.165, 1.54) is 64.2 Å². The van der Waals surface area contributed by atoms with Crippen molar-refractivity contribution in [1.29, 1.82) is 0 Å². The fourth-order valence-electron chi connectivity index (χ4n) is 5.69. The number of carbonyl (C=O) groups excluding carboxylic acids is 2. The van der Waals surface area contributed by atoms with Crippen LogP contribution in [-0.2, 0) is 28.6 Å². The van der Waals surface area contributed by atoms with Crippen molar-refractivity contribution in [3.63, 3.8) is 0 Å². The molecule has 0 aliphatic heterocycles. The van der Waals surface area contributed by atoms with Crippen LogP contribution < -0.4 is 0 Å². The van der Waals surface area contributed by atoms with E-state index in [1.807, 2.05) is 33.3 Å². The number of unbranched alkanes of at least 4 members (excludes halogenated alkanes) is 12. The van der Waals surface area contributed by atoms with Gasteiger partial charge in [0.2, 0.25) is 0 Å². The van der Waals surface area contributed by atoms with Crippen molar-refractivity contribution in [2.45, 2.75) is 167 Å². The quantitative estimate of drug-likeness (QED) is 0.0295. The van der Waals surface area contributed by atoms with Crippen LogP contribution in [0.4, 0.5) is 0 Å². The first-order valence-corrected chi connectivity index (χ1v) is 20.8. The fraction of sp³-hybridized carbons (Fsp3) is 0.711. The highest BCUT2D eigenvalue weighted by Gasteiger charge is 2.31. The summed E-state index contributed by atoms with van der Waals surface area (Å²) in [6, 6.07) is -0.623. The van der Waals surface area contributed by atoms with Gasteiger partial charge in [-0.05, 0) is 64.2 Å². The molecule has 0 fully saturated rings. The van der Waals surface area contributed by atoms with E-state index in [4.69, 9.17) is 14.2 Å². The van der Waals surface area contributed by atoms with Gasteiger partial charge in [-0.3, -0.25) is 9.59 Å². The van der Waals surface area contributed by atoms with E-state index >= 15 is 0 Å². The highest BCUT2D eigenvalue weighted by molar-refractivity contribution is 5.72. The molecular weight excluding hydrogens is 666 g/mol. The van der Waals surface area contributed by atoms with E-state index in [-0.39, 0.29) is 42.7 Å². The summed E-state index contributed by atoms with van der Waals surface area (Å²) in [6.45, 7) is 4.47. The number of hydrogen-bond donors (Lipinski definition) is 1. The van der Waals surface area contributed by atoms with Crippen LogP contribution in [0, 0.1) is 0 Å². The summed E-state index contributed by atoms with van der Waals surface area (Å²) in [5.74, 6) is -1.57. The Morgan fingerprint density at radius 3 is 1.64 bits per heavy atom. The summed E-state index contributed by atoms with van der Waals surface area (Å²) in [5.41, 5.74) is 0. The van der Waals surface area contributed by atoms with Gasteiger partial charge < -0.3 is 23.8 Å². The number of hydrogen-bond acceptors (Lipinski definition) is 6. The van der Waals surface area contributed by atoms with Gasteiger partial charge in [0.05, 0.1) is 34.4 Å². The summed E-state index contributed by atoms with van der Waals surface area (Å²) in [6.07, 6.45) is 43.1. The predicted molar refractivity (Wildman–Crippen MR) is 220 cm³/mol. The summed E-state index contributed by atoms with van der Waals surface area (Å²) in [7, 11) is 5.49. The largest absolute Gasteiger partial charge is 0.477 e. The Bertz CT molecular complexity index is 1050. The summed E-state index contributed by atoms with van der Waals surface area (Å²) in [4.78, 5) is 36.7. The molecular formula is C45H78NO7+. The van der Waals surface area contributed by atoms with Crippen LogP contribution in [0.1, 0.15) is 155 Å². The van der Waals surface area contributed by atoms with Crippen molar-refractivity contribution in [2.24, 2.45) is 0 Å². The van der Waals surface area contributed by atoms with Gasteiger partial charge in [0.1, 0.15) is 6.61 Å². The predicted octanol–water partition coefficient (Wildman–Crippen LogP) is 11.0. The highest BCUT2D eigenvalue weighted by atomic mass is 16.6. The fourth-order valence-corrected chi connectivity index (χ4v) is 5.69. The third kappa shape index (κ3) is 34.5. The normalized spacial score (nSPS) is 13.6. The van der Waals surface area contributed by atoms with Crippen LogP contribution in [0.2, 0.25) is 0 Å². The topological polar surface area (TPSA) is 99.1 Å². The number of allylic oxidation sites excluding steroid dienone is 10. The summed E-state index contributed by atoms with van der Waals surface area (Å²) >= 11 is 0. The molecule has 0 spiro atoms. The van der Waals surface area contributed by atoms with Crippen molar-refractivity contribution < 1.29 is 38.2 Å². The zero-order valence-electron chi connectivity index (χ0n) is 34.4. The van der Waals surface area contributed by atoms with Crippen LogP contribution in [-0.4, -0.2) is 80.6 Å². The van der Waals surface area contributed by atoms with Crippen molar-refractivity contribution >= 4 is 17.9 Å². The molecule has 0 aliphatic carbocycles. The number of esters is 2. The molecule has 0 rings (SSSR count). The molecule has 0 bridgehead atoms. The first-order chi connectivity index (χ1) is 25.6. The number of aliphatic carboxylic acids is 1. The molecule has 0 aromatic rings. The third-order valence-corrected chi connectivity index (χ3v) is 8.91. The number of carbonyl (C=O) groups is 3. The summed E-state index contributed by atoms with van der Waals surface area (Å²) in [5, 5.41) is 9.58. The Hall–Kier alpha value is -2.97. The van der Waals surface area contributed by atoms with Gasteiger partial charge >= 0.3 is 17.9 Å². The van der Waals surface area contributed by atoms with Crippen molar-refractivity contribution in [1.82, 2.24) is 0 Å². The van der Waals surface area contributed by atoms with Crippen LogP contribution in [0.15, 0.2) is 60.8 Å². The maximum absolute atomic E-state index is 12.7. The standard InChI is InChI=1S/C45H77NO7/c1-6-8-10-12-14-15-16-17-18-19-20-21-22-23-24-25-26-27-28-30-32-34-36-44(48)53-41(39-51-38-37-42(45(49)50)46(3,4)5)40-52-43(47)35-33-31-29-13-11-9-7-2/h9,11,14-15,17-18,20-21,29,31,41-42H,6-8,10,12-13,16,19,22-28,30,32-40H2,1-5H3/p+1/b11-9+,15-14+,18-17+,21-20+,31-29+. The first-order valence-electron chi connectivity index (χ1n) is 20.8. The molecule has 0 aromatic carbocycles. The van der Waals surface area contributed by atoms with Gasteiger partial charge in [-0.2, -0.15) is 0 Å². The molecule has 8 heteroatoms. The minimum atomic E-state index is -0.886. The smallest absolute Gasteiger partial charge is 0.362 e. The molecule has 2 unspecified atom stereocenters. The van der Waals surface area contributed by atoms with Crippen LogP contribution in [0.3, 0.4) is 0 Å². The minimum Gasteiger partial charge on any atom is -0.477 e. The lowest BCUT2D eigenvalue weighted by atomic mass is 10.1. The number of ether oxygens (including phenoxy) is 3. The van der Waals surface area contributed by atoms with Crippen molar-refractivity contribution in [3.05, 3.63) is 60.8 Å². The Morgan fingerprint density at radius 2 is 1.09 bits per heavy atom. The number of rotatable bonds is 36. The zero-order valence-corrected chi connectivity index (χ0v) is 34.4. The molecule has 0 saturated carbocycles. The molecule has 2 atom stereocenters. The maximum atomic E-state index is 12.7. The Labute approximate surface area is 324 Å². The van der Waals surface area contributed by atoms with Gasteiger partial charge in [-0.1, -0.05) is 132 Å². The number of nitrogens with zero attached hydrogens (tertiary/aromatic N) is 1. The van der Waals surface area contributed by atoms with Gasteiger partial charge in [0, 0.05) is 19.3 Å². The van der Waals surface area contributed by atoms with Crippen LogP contribution in [0.5, 0.6) is 0 Å². The van der Waals surface area contributed by atoms with Crippen LogP contribution in [0.25, 0.3) is 0 Å². The van der Waals surface area contributed by atoms with E-state index < -0.39 is 18.1 Å². The number of quaternary nitrogens is 1. The number of carboxylic acid groups (broad SMARTS) is 1. The van der Waals surface area contributed by atoms with E-state index in [0.29, 0.717) is 19.3 Å². The van der Waals surface area contributed by atoms with E-state index in [0.717, 1.165) is 51.4 Å². The number of carboxylic acids is 1. The monoisotopic (exact) mass is 745 g/mol. The molecule has 0 aromatic heterocycles. The lowest BCUT2D eigenvalue weighted by Crippen LogP contribution is -2.50. The molecule has 304 valence electrons. The second-order valence-electron chi connectivity index (χ2n) is 14.9. The number of likely N-dealkylation sites (N-methyl/N-ethyl adjacent to an activating group) is 1. The Balaban J connectivity index is 4.25. The van der Waals surface area contributed by atoms with Crippen LogP contribution >= 0.6 is 0 Å². The third-order valence-electron chi connectivity index (χ3n) is 8.91. The van der Waals surface area contributed by atoms with E-state index in [1.54, 1.807) is 0 Å². The molecule has 0 radical (unpaired) electrons. The first kappa shape index (κ1) is 50.0. The molecule has 53 heavy (non-hydrogen) atoms. The maximum Gasteiger partial charge on any atom is 0.362 e. The van der Waals surface area contributed by atoms with Crippen molar-refractivity contribution in [2.75, 3.05) is 41.0 Å². The average molecular weight is 745 g/mol. The van der Waals surface area contributed by atoms with Gasteiger partial charge in [0.15, 0.2) is 12.1 Å². The second-order valence-corrected chi connectivity index (χ2v) is 14.9.